The van der Waals surface area contributed by atoms with Crippen molar-refractivity contribution in [1.82, 2.24) is 14.8 Å². The Balaban J connectivity index is 2.55. The lowest BCUT2D eigenvalue weighted by Gasteiger charge is -1.99. The minimum Gasteiger partial charge on any atom is -0.381 e. The lowest BCUT2D eigenvalue weighted by atomic mass is 10.4. The van der Waals surface area contributed by atoms with Crippen molar-refractivity contribution in [2.75, 3.05) is 5.73 Å². The largest absolute Gasteiger partial charge is 0.381 e. The summed E-state index contributed by atoms with van der Waals surface area (Å²) in [6, 6.07) is 2.78. The molecule has 2 heterocycles. The maximum atomic E-state index is 13.2. The molecule has 0 aliphatic heterocycles. The van der Waals surface area contributed by atoms with Crippen LogP contribution in [0.15, 0.2) is 24.5 Å². The third-order valence-corrected chi connectivity index (χ3v) is 1.94. The summed E-state index contributed by atoms with van der Waals surface area (Å²) in [4.78, 5) is 3.81. The van der Waals surface area contributed by atoms with Gasteiger partial charge < -0.3 is 5.73 Å². The first-order chi connectivity index (χ1) is 6.68. The third-order valence-electron chi connectivity index (χ3n) is 1.65. The molecule has 6 heteroatoms. The Kier molecular flexibility index (Phi) is 2.09. The monoisotopic (exact) mass is 212 g/mol. The molecule has 0 amide bonds. The molecule has 0 atom stereocenters. The average Bonchev–Trinajstić information content (AvgIpc) is 2.48. The van der Waals surface area contributed by atoms with Crippen molar-refractivity contribution in [1.29, 1.82) is 0 Å². The van der Waals surface area contributed by atoms with Gasteiger partial charge in [0.2, 0.25) is 0 Å². The van der Waals surface area contributed by atoms with Gasteiger partial charge in [-0.05, 0) is 12.1 Å². The van der Waals surface area contributed by atoms with E-state index in [1.54, 1.807) is 0 Å². The number of hydrogen-bond acceptors (Lipinski definition) is 3. The molecule has 2 aromatic heterocycles. The molecule has 2 N–H and O–H groups in total. The van der Waals surface area contributed by atoms with E-state index in [0.29, 0.717) is 0 Å². The first kappa shape index (κ1) is 8.96. The lowest BCUT2D eigenvalue weighted by Crippen LogP contribution is -2.01. The zero-order chi connectivity index (χ0) is 10.1. The molecular formula is C8H6ClFN4. The summed E-state index contributed by atoms with van der Waals surface area (Å²) in [6.07, 6.45) is 2.87. The highest BCUT2D eigenvalue weighted by molar-refractivity contribution is 6.32. The fourth-order valence-electron chi connectivity index (χ4n) is 1.02. The van der Waals surface area contributed by atoms with Crippen molar-refractivity contribution < 1.29 is 4.39 Å². The molecule has 0 aliphatic carbocycles. The predicted octanol–water partition coefficient (Wildman–Crippen LogP) is 1.64. The van der Waals surface area contributed by atoms with Gasteiger partial charge in [-0.1, -0.05) is 11.6 Å². The molecule has 72 valence electrons. The Morgan fingerprint density at radius 3 is 2.86 bits per heavy atom. The van der Waals surface area contributed by atoms with Crippen LogP contribution in [0.2, 0.25) is 5.02 Å². The topological polar surface area (TPSA) is 56.7 Å². The first-order valence-electron chi connectivity index (χ1n) is 3.80. The second-order valence-corrected chi connectivity index (χ2v) is 3.02. The van der Waals surface area contributed by atoms with Gasteiger partial charge in [0.05, 0.1) is 6.20 Å². The van der Waals surface area contributed by atoms with E-state index in [1.807, 2.05) is 0 Å². The molecule has 2 rings (SSSR count). The van der Waals surface area contributed by atoms with Crippen LogP contribution >= 0.6 is 11.6 Å². The summed E-state index contributed by atoms with van der Waals surface area (Å²) in [5.41, 5.74) is 5.41. The van der Waals surface area contributed by atoms with Crippen LogP contribution in [-0.4, -0.2) is 14.8 Å². The minimum absolute atomic E-state index is 0.0751. The molecule has 0 bridgehead atoms. The number of halogens is 2. The van der Waals surface area contributed by atoms with E-state index < -0.39 is 5.82 Å². The van der Waals surface area contributed by atoms with Gasteiger partial charge in [-0.2, -0.15) is 0 Å². The molecule has 0 radical (unpaired) electrons. The lowest BCUT2D eigenvalue weighted by molar-refractivity contribution is 0.601. The van der Waals surface area contributed by atoms with Crippen LogP contribution in [-0.2, 0) is 0 Å². The maximum Gasteiger partial charge on any atom is 0.189 e. The SMILES string of the molecule is Nc1nn(-c2ncccc2F)cc1Cl. The highest BCUT2D eigenvalue weighted by atomic mass is 35.5. The Bertz CT molecular complexity index is 449. The quantitative estimate of drug-likeness (QED) is 0.782. The average molecular weight is 213 g/mol. The van der Waals surface area contributed by atoms with Gasteiger partial charge >= 0.3 is 0 Å². The molecule has 0 saturated carbocycles. The summed E-state index contributed by atoms with van der Waals surface area (Å²) < 4.78 is 14.4. The number of hydrogen-bond donors (Lipinski definition) is 1. The molecule has 0 fully saturated rings. The minimum atomic E-state index is -0.480. The fourth-order valence-corrected chi connectivity index (χ4v) is 1.15. The predicted molar refractivity (Wildman–Crippen MR) is 50.7 cm³/mol. The summed E-state index contributed by atoms with van der Waals surface area (Å²) >= 11 is 5.67. The van der Waals surface area contributed by atoms with E-state index in [0.717, 1.165) is 0 Å². The van der Waals surface area contributed by atoms with Gasteiger partial charge in [0.25, 0.3) is 0 Å². The summed E-state index contributed by atoms with van der Waals surface area (Å²) in [5.74, 6) is -0.255. The van der Waals surface area contributed by atoms with Gasteiger partial charge in [-0.3, -0.25) is 0 Å². The first-order valence-corrected chi connectivity index (χ1v) is 4.18. The number of aromatic nitrogens is 3. The summed E-state index contributed by atoms with van der Waals surface area (Å²) in [6.45, 7) is 0. The third kappa shape index (κ3) is 1.42. The molecule has 0 saturated heterocycles. The van der Waals surface area contributed by atoms with E-state index in [-0.39, 0.29) is 16.7 Å². The second kappa shape index (κ2) is 3.26. The number of rotatable bonds is 1. The van der Waals surface area contributed by atoms with Gasteiger partial charge in [0.1, 0.15) is 5.02 Å². The number of nitrogens with two attached hydrogens (primary N) is 1. The van der Waals surface area contributed by atoms with Crippen molar-refractivity contribution in [3.8, 4) is 5.82 Å². The van der Waals surface area contributed by atoms with Crippen LogP contribution in [0.25, 0.3) is 5.82 Å². The van der Waals surface area contributed by atoms with Gasteiger partial charge in [0.15, 0.2) is 17.5 Å². The number of anilines is 1. The normalized spacial score (nSPS) is 10.4. The highest BCUT2D eigenvalue weighted by Gasteiger charge is 2.09. The Labute approximate surface area is 84.1 Å². The van der Waals surface area contributed by atoms with Crippen molar-refractivity contribution in [3.05, 3.63) is 35.4 Å². The molecule has 0 spiro atoms. The van der Waals surface area contributed by atoms with E-state index in [1.165, 1.54) is 29.2 Å². The number of pyridine rings is 1. The zero-order valence-corrected chi connectivity index (χ0v) is 7.74. The molecule has 0 aliphatic rings. The van der Waals surface area contributed by atoms with Crippen LogP contribution in [0.3, 0.4) is 0 Å². The van der Waals surface area contributed by atoms with Crippen molar-refractivity contribution in [2.45, 2.75) is 0 Å². The van der Waals surface area contributed by atoms with Crippen LogP contribution in [0.5, 0.6) is 0 Å². The van der Waals surface area contributed by atoms with Crippen molar-refractivity contribution in [2.24, 2.45) is 0 Å². The molecule has 0 aromatic carbocycles. The van der Waals surface area contributed by atoms with E-state index >= 15 is 0 Å². The summed E-state index contributed by atoms with van der Waals surface area (Å²) in [7, 11) is 0. The van der Waals surface area contributed by atoms with Crippen LogP contribution < -0.4 is 5.73 Å². The maximum absolute atomic E-state index is 13.2. The van der Waals surface area contributed by atoms with Crippen LogP contribution in [0, 0.1) is 5.82 Å². The molecule has 0 unspecified atom stereocenters. The Morgan fingerprint density at radius 1 is 1.50 bits per heavy atom. The molecule has 4 nitrogen and oxygen atoms in total. The number of nitrogens with zero attached hydrogens (tertiary/aromatic N) is 3. The molecule has 14 heavy (non-hydrogen) atoms. The van der Waals surface area contributed by atoms with Crippen molar-refractivity contribution in [3.63, 3.8) is 0 Å². The summed E-state index contributed by atoms with van der Waals surface area (Å²) in [5, 5.41) is 4.07. The van der Waals surface area contributed by atoms with Gasteiger partial charge in [-0.25, -0.2) is 14.1 Å². The zero-order valence-electron chi connectivity index (χ0n) is 6.98. The standard InChI is InChI=1S/C8H6ClFN4/c9-5-4-14(13-7(5)11)8-6(10)2-1-3-12-8/h1-4H,(H2,11,13). The Hall–Kier alpha value is -1.62. The van der Waals surface area contributed by atoms with E-state index in [4.69, 9.17) is 17.3 Å². The smallest absolute Gasteiger partial charge is 0.189 e. The fraction of sp³-hybridized carbons (Fsp3) is 0. The molecule has 2 aromatic rings. The van der Waals surface area contributed by atoms with Crippen LogP contribution in [0.1, 0.15) is 0 Å². The second-order valence-electron chi connectivity index (χ2n) is 2.62. The van der Waals surface area contributed by atoms with Crippen LogP contribution in [0.4, 0.5) is 10.2 Å². The van der Waals surface area contributed by atoms with Gasteiger partial charge in [0, 0.05) is 6.20 Å². The van der Waals surface area contributed by atoms with Crippen molar-refractivity contribution >= 4 is 17.4 Å². The van der Waals surface area contributed by atoms with Gasteiger partial charge in [-0.15, -0.1) is 5.10 Å². The highest BCUT2D eigenvalue weighted by Crippen LogP contribution is 2.18. The molecular weight excluding hydrogens is 207 g/mol. The Morgan fingerprint density at radius 2 is 2.29 bits per heavy atom. The van der Waals surface area contributed by atoms with E-state index in [2.05, 4.69) is 10.1 Å². The number of nitrogen functional groups attached to an aromatic ring is 1. The van der Waals surface area contributed by atoms with E-state index in [9.17, 15) is 4.39 Å².